The summed E-state index contributed by atoms with van der Waals surface area (Å²) in [5, 5.41) is 3.37. The van der Waals surface area contributed by atoms with Crippen molar-refractivity contribution in [2.45, 2.75) is 12.5 Å². The third kappa shape index (κ3) is 1.58. The predicted molar refractivity (Wildman–Crippen MR) is 57.2 cm³/mol. The molecule has 0 unspecified atom stereocenters. The van der Waals surface area contributed by atoms with Gasteiger partial charge in [0, 0.05) is 15.0 Å². The van der Waals surface area contributed by atoms with Gasteiger partial charge in [0.25, 0.3) is 0 Å². The fourth-order valence-electron chi connectivity index (χ4n) is 1.30. The largest absolute Gasteiger partial charge is 0.310 e. The van der Waals surface area contributed by atoms with Gasteiger partial charge in [0.1, 0.15) is 0 Å². The standard InChI is InChI=1S/C9H9Br2N/c10-7-2-1-6(5-8(7)11)9-3-4-12-9/h1-2,5,9,12H,3-4H2/t9-/m0/s1. The van der Waals surface area contributed by atoms with Crippen molar-refractivity contribution >= 4 is 31.9 Å². The lowest BCUT2D eigenvalue weighted by Gasteiger charge is -2.28. The van der Waals surface area contributed by atoms with Crippen LogP contribution in [0.4, 0.5) is 0 Å². The Hall–Kier alpha value is 0.140. The molecule has 0 aromatic heterocycles. The van der Waals surface area contributed by atoms with E-state index >= 15 is 0 Å². The smallest absolute Gasteiger partial charge is 0.0332 e. The number of hydrogen-bond acceptors (Lipinski definition) is 1. The summed E-state index contributed by atoms with van der Waals surface area (Å²) in [5.74, 6) is 0. The lowest BCUT2D eigenvalue weighted by molar-refractivity contribution is 0.383. The molecule has 1 aliphatic heterocycles. The summed E-state index contributed by atoms with van der Waals surface area (Å²) in [5.41, 5.74) is 1.37. The number of benzene rings is 1. The number of halogens is 2. The molecule has 0 amide bonds. The summed E-state index contributed by atoms with van der Waals surface area (Å²) in [7, 11) is 0. The predicted octanol–water partition coefficient (Wildman–Crippen LogP) is 3.25. The van der Waals surface area contributed by atoms with Gasteiger partial charge >= 0.3 is 0 Å². The number of rotatable bonds is 1. The van der Waals surface area contributed by atoms with Crippen LogP contribution < -0.4 is 5.32 Å². The molecule has 1 aliphatic rings. The molecule has 1 saturated heterocycles. The maximum atomic E-state index is 3.49. The Bertz CT molecular complexity index is 295. The molecule has 12 heavy (non-hydrogen) atoms. The minimum absolute atomic E-state index is 0.578. The average molecular weight is 291 g/mol. The normalized spacial score (nSPS) is 22.0. The van der Waals surface area contributed by atoms with Crippen molar-refractivity contribution in [1.29, 1.82) is 0 Å². The van der Waals surface area contributed by atoms with Gasteiger partial charge in [0.05, 0.1) is 0 Å². The Morgan fingerprint density at radius 3 is 2.50 bits per heavy atom. The van der Waals surface area contributed by atoms with Gasteiger partial charge in [-0.05, 0) is 62.5 Å². The molecule has 64 valence electrons. The van der Waals surface area contributed by atoms with Crippen LogP contribution in [0.1, 0.15) is 18.0 Å². The van der Waals surface area contributed by atoms with E-state index in [9.17, 15) is 0 Å². The Morgan fingerprint density at radius 1 is 1.25 bits per heavy atom. The van der Waals surface area contributed by atoms with Crippen LogP contribution in [0, 0.1) is 0 Å². The first kappa shape index (κ1) is 8.73. The zero-order valence-corrected chi connectivity index (χ0v) is 9.65. The van der Waals surface area contributed by atoms with E-state index in [0.29, 0.717) is 6.04 Å². The molecule has 0 saturated carbocycles. The Morgan fingerprint density at radius 2 is 2.00 bits per heavy atom. The van der Waals surface area contributed by atoms with Gasteiger partial charge < -0.3 is 5.32 Å². The maximum Gasteiger partial charge on any atom is 0.0332 e. The number of hydrogen-bond donors (Lipinski definition) is 1. The summed E-state index contributed by atoms with van der Waals surface area (Å²) in [6, 6.07) is 6.99. The lowest BCUT2D eigenvalue weighted by atomic mass is 9.98. The van der Waals surface area contributed by atoms with Crippen LogP contribution in [0.3, 0.4) is 0 Å². The van der Waals surface area contributed by atoms with E-state index in [4.69, 9.17) is 0 Å². The van der Waals surface area contributed by atoms with Crippen molar-refractivity contribution < 1.29 is 0 Å². The average Bonchev–Trinajstić information content (AvgIpc) is 1.93. The second-order valence-corrected chi connectivity index (χ2v) is 4.68. The second kappa shape index (κ2) is 3.48. The fourth-order valence-corrected chi connectivity index (χ4v) is 1.95. The number of nitrogens with one attached hydrogen (secondary N) is 1. The molecule has 1 fully saturated rings. The van der Waals surface area contributed by atoms with Crippen LogP contribution >= 0.6 is 31.9 Å². The quantitative estimate of drug-likeness (QED) is 0.837. The molecule has 1 N–H and O–H groups in total. The molecule has 0 radical (unpaired) electrons. The highest BCUT2D eigenvalue weighted by atomic mass is 79.9. The van der Waals surface area contributed by atoms with Gasteiger partial charge in [-0.1, -0.05) is 6.07 Å². The summed E-state index contributed by atoms with van der Waals surface area (Å²) in [4.78, 5) is 0. The Balaban J connectivity index is 2.27. The SMILES string of the molecule is Brc1ccc([C@@H]2CCN2)cc1Br. The summed E-state index contributed by atoms with van der Waals surface area (Å²) in [6.45, 7) is 1.15. The van der Waals surface area contributed by atoms with Crippen molar-refractivity contribution in [2.24, 2.45) is 0 Å². The van der Waals surface area contributed by atoms with Crippen molar-refractivity contribution in [3.05, 3.63) is 32.7 Å². The summed E-state index contributed by atoms with van der Waals surface area (Å²) < 4.78 is 2.25. The van der Waals surface area contributed by atoms with E-state index < -0.39 is 0 Å². The summed E-state index contributed by atoms with van der Waals surface area (Å²) in [6.07, 6.45) is 1.26. The molecule has 0 bridgehead atoms. The van der Waals surface area contributed by atoms with Crippen molar-refractivity contribution in [1.82, 2.24) is 5.32 Å². The Kier molecular flexibility index (Phi) is 2.53. The zero-order chi connectivity index (χ0) is 8.55. The molecule has 0 spiro atoms. The Labute approximate surface area is 88.8 Å². The molecular weight excluding hydrogens is 282 g/mol. The fraction of sp³-hybridized carbons (Fsp3) is 0.333. The van der Waals surface area contributed by atoms with Crippen LogP contribution in [-0.4, -0.2) is 6.54 Å². The minimum atomic E-state index is 0.578. The van der Waals surface area contributed by atoms with Crippen LogP contribution in [-0.2, 0) is 0 Å². The first-order valence-electron chi connectivity index (χ1n) is 3.96. The molecular formula is C9H9Br2N. The van der Waals surface area contributed by atoms with Gasteiger partial charge in [-0.2, -0.15) is 0 Å². The molecule has 1 atom stereocenters. The highest BCUT2D eigenvalue weighted by Crippen LogP contribution is 2.29. The van der Waals surface area contributed by atoms with E-state index in [0.717, 1.165) is 15.5 Å². The molecule has 0 aliphatic carbocycles. The van der Waals surface area contributed by atoms with E-state index in [1.54, 1.807) is 0 Å². The second-order valence-electron chi connectivity index (χ2n) is 2.97. The van der Waals surface area contributed by atoms with Gasteiger partial charge in [-0.15, -0.1) is 0 Å². The van der Waals surface area contributed by atoms with E-state index in [2.05, 4.69) is 55.4 Å². The minimum Gasteiger partial charge on any atom is -0.310 e. The van der Waals surface area contributed by atoms with Gasteiger partial charge in [-0.3, -0.25) is 0 Å². The third-order valence-corrected chi connectivity index (χ3v) is 4.05. The summed E-state index contributed by atoms with van der Waals surface area (Å²) >= 11 is 6.94. The third-order valence-electron chi connectivity index (χ3n) is 2.17. The van der Waals surface area contributed by atoms with Crippen LogP contribution in [0.2, 0.25) is 0 Å². The molecule has 2 rings (SSSR count). The van der Waals surface area contributed by atoms with Gasteiger partial charge in [0.15, 0.2) is 0 Å². The van der Waals surface area contributed by atoms with Crippen LogP contribution in [0.15, 0.2) is 27.1 Å². The molecule has 1 aromatic rings. The van der Waals surface area contributed by atoms with Crippen molar-refractivity contribution in [3.8, 4) is 0 Å². The van der Waals surface area contributed by atoms with Gasteiger partial charge in [0.2, 0.25) is 0 Å². The topological polar surface area (TPSA) is 12.0 Å². The zero-order valence-electron chi connectivity index (χ0n) is 6.48. The maximum absolute atomic E-state index is 3.49. The first-order valence-corrected chi connectivity index (χ1v) is 5.54. The molecule has 1 heterocycles. The van der Waals surface area contributed by atoms with Crippen LogP contribution in [0.25, 0.3) is 0 Å². The monoisotopic (exact) mass is 289 g/mol. The van der Waals surface area contributed by atoms with E-state index in [-0.39, 0.29) is 0 Å². The van der Waals surface area contributed by atoms with Crippen LogP contribution in [0.5, 0.6) is 0 Å². The van der Waals surface area contributed by atoms with E-state index in [1.807, 2.05) is 0 Å². The molecule has 3 heteroatoms. The van der Waals surface area contributed by atoms with Crippen molar-refractivity contribution in [3.63, 3.8) is 0 Å². The van der Waals surface area contributed by atoms with E-state index in [1.165, 1.54) is 12.0 Å². The molecule has 1 nitrogen and oxygen atoms in total. The first-order chi connectivity index (χ1) is 5.77. The lowest BCUT2D eigenvalue weighted by Crippen LogP contribution is -2.34. The van der Waals surface area contributed by atoms with Gasteiger partial charge in [-0.25, -0.2) is 0 Å². The highest BCUT2D eigenvalue weighted by molar-refractivity contribution is 9.13. The molecule has 1 aromatic carbocycles. The highest BCUT2D eigenvalue weighted by Gasteiger charge is 2.18. The van der Waals surface area contributed by atoms with Crippen molar-refractivity contribution in [2.75, 3.05) is 6.54 Å².